The average Bonchev–Trinajstić information content (AvgIpc) is 3.02. The molecule has 1 aromatic heterocycles. The fourth-order valence-electron chi connectivity index (χ4n) is 2.95. The number of hydrogen-bond acceptors (Lipinski definition) is 5. The molecule has 1 aromatic carbocycles. The van der Waals surface area contributed by atoms with E-state index in [0.717, 1.165) is 42.9 Å². The summed E-state index contributed by atoms with van der Waals surface area (Å²) in [4.78, 5) is 2.36. The van der Waals surface area contributed by atoms with Gasteiger partial charge in [0.25, 0.3) is 0 Å². The lowest BCUT2D eigenvalue weighted by molar-refractivity contribution is 0.392. The molecule has 2 aromatic rings. The van der Waals surface area contributed by atoms with Crippen molar-refractivity contribution in [3.63, 3.8) is 0 Å². The van der Waals surface area contributed by atoms with E-state index < -0.39 is 0 Å². The highest BCUT2D eigenvalue weighted by Gasteiger charge is 2.17. The maximum atomic E-state index is 5.16. The molecule has 1 aliphatic heterocycles. The van der Waals surface area contributed by atoms with Gasteiger partial charge in [-0.05, 0) is 43.0 Å². The van der Waals surface area contributed by atoms with Crippen molar-refractivity contribution in [1.82, 2.24) is 5.16 Å². The Hall–Kier alpha value is -2.69. The molecule has 24 heavy (non-hydrogen) atoms. The van der Waals surface area contributed by atoms with Crippen molar-refractivity contribution in [3.8, 4) is 0 Å². The third kappa shape index (κ3) is 3.45. The fourth-order valence-corrected chi connectivity index (χ4v) is 2.95. The zero-order chi connectivity index (χ0) is 16.9. The molecule has 0 unspecified atom stereocenters. The lowest BCUT2D eigenvalue weighted by Gasteiger charge is -2.31. The number of fused-ring (bicyclic) bond motifs is 1. The molecule has 0 saturated carbocycles. The monoisotopic (exact) mass is 322 g/mol. The van der Waals surface area contributed by atoms with Crippen molar-refractivity contribution >= 4 is 17.2 Å². The van der Waals surface area contributed by atoms with Gasteiger partial charge in [0.05, 0.1) is 5.69 Å². The van der Waals surface area contributed by atoms with Crippen LogP contribution in [0.1, 0.15) is 23.3 Å². The van der Waals surface area contributed by atoms with Gasteiger partial charge in [-0.3, -0.25) is 0 Å². The van der Waals surface area contributed by atoms with Gasteiger partial charge in [-0.2, -0.15) is 0 Å². The molecule has 0 bridgehead atoms. The zero-order valence-corrected chi connectivity index (χ0v) is 14.0. The minimum Gasteiger partial charge on any atom is -0.368 e. The summed E-state index contributed by atoms with van der Waals surface area (Å²) < 4.78 is 5.16. The fraction of sp³-hybridized carbons (Fsp3) is 0.316. The maximum absolute atomic E-state index is 5.16. The molecule has 0 atom stereocenters. The molecule has 124 valence electrons. The first-order chi connectivity index (χ1) is 11.7. The van der Waals surface area contributed by atoms with E-state index in [-0.39, 0.29) is 0 Å². The Kier molecular flexibility index (Phi) is 4.89. The van der Waals surface area contributed by atoms with Crippen LogP contribution in [0.4, 0.5) is 17.2 Å². The predicted molar refractivity (Wildman–Crippen MR) is 96.5 cm³/mol. The Labute approximate surface area is 142 Å². The predicted octanol–water partition coefficient (Wildman–Crippen LogP) is 5.07. The van der Waals surface area contributed by atoms with Crippen LogP contribution in [0.3, 0.4) is 0 Å². The third-order valence-corrected chi connectivity index (χ3v) is 4.11. The Bertz CT molecular complexity index is 776. The minimum atomic E-state index is 0.484. The molecule has 0 spiro atoms. The SMILES string of the molecule is C=CCc1cc(N=Nc2cc3c(cc2C)N(CC=C)CCC3)no1. The van der Waals surface area contributed by atoms with Gasteiger partial charge < -0.3 is 9.42 Å². The zero-order valence-electron chi connectivity index (χ0n) is 14.0. The van der Waals surface area contributed by atoms with Crippen molar-refractivity contribution in [2.45, 2.75) is 26.2 Å². The molecular formula is C19H22N4O. The smallest absolute Gasteiger partial charge is 0.216 e. The second kappa shape index (κ2) is 7.25. The van der Waals surface area contributed by atoms with Gasteiger partial charge in [0.1, 0.15) is 5.76 Å². The number of nitrogens with zero attached hydrogens (tertiary/aromatic N) is 4. The summed E-state index contributed by atoms with van der Waals surface area (Å²) in [6, 6.07) is 6.11. The lowest BCUT2D eigenvalue weighted by atomic mass is 9.98. The number of anilines is 1. The van der Waals surface area contributed by atoms with E-state index in [0.29, 0.717) is 12.2 Å². The highest BCUT2D eigenvalue weighted by Crippen LogP contribution is 2.34. The number of rotatable bonds is 6. The molecule has 5 heteroatoms. The maximum Gasteiger partial charge on any atom is 0.216 e. The average molecular weight is 322 g/mol. The van der Waals surface area contributed by atoms with Gasteiger partial charge in [-0.1, -0.05) is 17.3 Å². The molecule has 1 aliphatic rings. The summed E-state index contributed by atoms with van der Waals surface area (Å²) in [5.74, 6) is 1.22. The normalized spacial score (nSPS) is 14.0. The van der Waals surface area contributed by atoms with Crippen molar-refractivity contribution in [3.05, 3.63) is 60.4 Å². The minimum absolute atomic E-state index is 0.484. The number of allylic oxidation sites excluding steroid dienone is 1. The largest absolute Gasteiger partial charge is 0.368 e. The van der Waals surface area contributed by atoms with Crippen LogP contribution in [0, 0.1) is 6.92 Å². The van der Waals surface area contributed by atoms with Crippen LogP contribution in [-0.2, 0) is 12.8 Å². The Morgan fingerprint density at radius 3 is 2.92 bits per heavy atom. The summed E-state index contributed by atoms with van der Waals surface area (Å²) in [6.07, 6.45) is 6.57. The van der Waals surface area contributed by atoms with E-state index in [1.807, 2.05) is 6.08 Å². The number of aryl methyl sites for hydroxylation is 2. The van der Waals surface area contributed by atoms with Crippen LogP contribution in [0.2, 0.25) is 0 Å². The van der Waals surface area contributed by atoms with E-state index in [1.54, 1.807) is 12.1 Å². The van der Waals surface area contributed by atoms with E-state index in [2.05, 4.69) is 52.5 Å². The van der Waals surface area contributed by atoms with E-state index in [4.69, 9.17) is 4.52 Å². The van der Waals surface area contributed by atoms with E-state index in [1.165, 1.54) is 11.3 Å². The Morgan fingerprint density at radius 2 is 2.12 bits per heavy atom. The molecule has 0 N–H and O–H groups in total. The third-order valence-electron chi connectivity index (χ3n) is 4.11. The van der Waals surface area contributed by atoms with Crippen molar-refractivity contribution < 1.29 is 4.52 Å². The topological polar surface area (TPSA) is 54.0 Å². The highest BCUT2D eigenvalue weighted by atomic mass is 16.5. The van der Waals surface area contributed by atoms with Crippen LogP contribution in [0.25, 0.3) is 0 Å². The van der Waals surface area contributed by atoms with Gasteiger partial charge in [0.2, 0.25) is 5.82 Å². The highest BCUT2D eigenvalue weighted by molar-refractivity contribution is 5.64. The van der Waals surface area contributed by atoms with Crippen LogP contribution >= 0.6 is 0 Å². The van der Waals surface area contributed by atoms with Gasteiger partial charge in [-0.15, -0.1) is 23.4 Å². The molecule has 5 nitrogen and oxygen atoms in total. The summed E-state index contributed by atoms with van der Waals surface area (Å²) >= 11 is 0. The van der Waals surface area contributed by atoms with Gasteiger partial charge in [-0.25, -0.2) is 0 Å². The summed E-state index contributed by atoms with van der Waals surface area (Å²) in [6.45, 7) is 11.5. The second-order valence-electron chi connectivity index (χ2n) is 5.95. The first-order valence-corrected chi connectivity index (χ1v) is 8.19. The molecule has 0 saturated heterocycles. The van der Waals surface area contributed by atoms with Crippen LogP contribution in [0.15, 0.2) is 58.3 Å². The quantitative estimate of drug-likeness (QED) is 0.551. The molecule has 0 amide bonds. The van der Waals surface area contributed by atoms with Crippen LogP contribution in [0.5, 0.6) is 0 Å². The van der Waals surface area contributed by atoms with E-state index >= 15 is 0 Å². The van der Waals surface area contributed by atoms with Crippen LogP contribution < -0.4 is 4.90 Å². The number of hydrogen-bond donors (Lipinski definition) is 0. The molecule has 0 aliphatic carbocycles. The second-order valence-corrected chi connectivity index (χ2v) is 5.95. The Balaban J connectivity index is 1.84. The lowest BCUT2D eigenvalue weighted by Crippen LogP contribution is -2.29. The van der Waals surface area contributed by atoms with Crippen LogP contribution in [-0.4, -0.2) is 18.2 Å². The molecule has 0 fully saturated rings. The molecule has 2 heterocycles. The number of benzene rings is 1. The number of aromatic nitrogens is 1. The summed E-state index contributed by atoms with van der Waals surface area (Å²) in [5, 5.41) is 12.5. The molecule has 0 radical (unpaired) electrons. The molecular weight excluding hydrogens is 300 g/mol. The van der Waals surface area contributed by atoms with Gasteiger partial charge >= 0.3 is 0 Å². The van der Waals surface area contributed by atoms with Gasteiger partial charge in [0.15, 0.2) is 0 Å². The first kappa shape index (κ1) is 16.2. The van der Waals surface area contributed by atoms with Crippen molar-refractivity contribution in [2.75, 3.05) is 18.0 Å². The molecule has 3 rings (SSSR count). The first-order valence-electron chi connectivity index (χ1n) is 8.19. The Morgan fingerprint density at radius 1 is 1.25 bits per heavy atom. The summed E-state index contributed by atoms with van der Waals surface area (Å²) in [7, 11) is 0. The van der Waals surface area contributed by atoms with Crippen molar-refractivity contribution in [2.24, 2.45) is 10.2 Å². The summed E-state index contributed by atoms with van der Waals surface area (Å²) in [5.41, 5.74) is 4.58. The van der Waals surface area contributed by atoms with E-state index in [9.17, 15) is 0 Å². The number of azo groups is 1. The van der Waals surface area contributed by atoms with Crippen molar-refractivity contribution in [1.29, 1.82) is 0 Å². The standard InChI is InChI=1S/C19H22N4O/c1-4-7-16-13-19(22-24-16)21-20-17-12-15-8-6-10-23(9-5-2)18(15)11-14(17)3/h4-5,11-13H,1-2,6-10H2,3H3. The van der Waals surface area contributed by atoms with Gasteiger partial charge in [0, 0.05) is 31.3 Å².